The van der Waals surface area contributed by atoms with Crippen molar-refractivity contribution in [1.29, 1.82) is 0 Å². The van der Waals surface area contributed by atoms with E-state index in [0.29, 0.717) is 25.5 Å². The zero-order valence-corrected chi connectivity index (χ0v) is 14.1. The lowest BCUT2D eigenvalue weighted by molar-refractivity contribution is -0.121. The van der Waals surface area contributed by atoms with Crippen molar-refractivity contribution in [2.24, 2.45) is 4.99 Å². The summed E-state index contributed by atoms with van der Waals surface area (Å²) in [6, 6.07) is 9.87. The van der Waals surface area contributed by atoms with Gasteiger partial charge in [-0.2, -0.15) is 0 Å². The standard InChI is InChI=1S/C17H28N4O2/c1-3-23-13-7-11-19-17(18-2)20-12-10-16(22)21-14-15-8-5-4-6-9-15/h4-6,8-9H,3,7,10-14H2,1-2H3,(H,21,22)(H2,18,19,20). The number of amides is 1. The summed E-state index contributed by atoms with van der Waals surface area (Å²) < 4.78 is 5.27. The van der Waals surface area contributed by atoms with Gasteiger partial charge in [0.1, 0.15) is 0 Å². The molecule has 0 saturated carbocycles. The first kappa shape index (κ1) is 19.0. The average molecular weight is 320 g/mol. The first-order chi connectivity index (χ1) is 11.3. The minimum atomic E-state index is 0.0214. The van der Waals surface area contributed by atoms with Crippen LogP contribution in [-0.2, 0) is 16.1 Å². The highest BCUT2D eigenvalue weighted by Crippen LogP contribution is 1.97. The van der Waals surface area contributed by atoms with E-state index in [1.54, 1.807) is 7.05 Å². The van der Waals surface area contributed by atoms with Gasteiger partial charge < -0.3 is 20.7 Å². The maximum atomic E-state index is 11.8. The van der Waals surface area contributed by atoms with Crippen molar-refractivity contribution in [3.63, 3.8) is 0 Å². The van der Waals surface area contributed by atoms with E-state index in [4.69, 9.17) is 4.74 Å². The molecule has 23 heavy (non-hydrogen) atoms. The number of ether oxygens (including phenoxy) is 1. The molecule has 128 valence electrons. The predicted molar refractivity (Wildman–Crippen MR) is 93.4 cm³/mol. The van der Waals surface area contributed by atoms with Crippen LogP contribution >= 0.6 is 0 Å². The summed E-state index contributed by atoms with van der Waals surface area (Å²) in [7, 11) is 1.72. The summed E-state index contributed by atoms with van der Waals surface area (Å²) in [5, 5.41) is 9.22. The van der Waals surface area contributed by atoms with Gasteiger partial charge in [-0.05, 0) is 18.9 Å². The molecule has 1 aromatic rings. The fourth-order valence-corrected chi connectivity index (χ4v) is 1.93. The maximum absolute atomic E-state index is 11.8. The van der Waals surface area contributed by atoms with Gasteiger partial charge in [-0.3, -0.25) is 9.79 Å². The Morgan fingerprint density at radius 3 is 2.57 bits per heavy atom. The zero-order valence-electron chi connectivity index (χ0n) is 14.1. The second-order valence-corrected chi connectivity index (χ2v) is 4.99. The van der Waals surface area contributed by atoms with Crippen molar-refractivity contribution in [1.82, 2.24) is 16.0 Å². The Kier molecular flexibility index (Phi) is 10.3. The molecule has 6 nitrogen and oxygen atoms in total. The summed E-state index contributed by atoms with van der Waals surface area (Å²) in [6.07, 6.45) is 1.33. The second-order valence-electron chi connectivity index (χ2n) is 4.99. The molecule has 1 amide bonds. The molecule has 0 atom stereocenters. The van der Waals surface area contributed by atoms with Crippen LogP contribution in [0.15, 0.2) is 35.3 Å². The van der Waals surface area contributed by atoms with Gasteiger partial charge in [0, 0.05) is 46.3 Å². The Morgan fingerprint density at radius 1 is 1.13 bits per heavy atom. The Balaban J connectivity index is 2.10. The number of carbonyl (C=O) groups excluding carboxylic acids is 1. The number of carbonyl (C=O) groups is 1. The molecule has 0 radical (unpaired) electrons. The van der Waals surface area contributed by atoms with Crippen LogP contribution in [0.5, 0.6) is 0 Å². The molecule has 6 heteroatoms. The van der Waals surface area contributed by atoms with E-state index in [-0.39, 0.29) is 5.91 Å². The molecule has 1 rings (SSSR count). The first-order valence-electron chi connectivity index (χ1n) is 8.09. The van der Waals surface area contributed by atoms with E-state index in [2.05, 4.69) is 20.9 Å². The van der Waals surface area contributed by atoms with Crippen molar-refractivity contribution in [3.8, 4) is 0 Å². The van der Waals surface area contributed by atoms with Gasteiger partial charge in [-0.25, -0.2) is 0 Å². The Labute approximate surface area is 138 Å². The van der Waals surface area contributed by atoms with E-state index in [9.17, 15) is 4.79 Å². The molecule has 0 saturated heterocycles. The summed E-state index contributed by atoms with van der Waals surface area (Å²) in [5.74, 6) is 0.727. The summed E-state index contributed by atoms with van der Waals surface area (Å²) in [6.45, 7) is 5.36. The van der Waals surface area contributed by atoms with Crippen LogP contribution < -0.4 is 16.0 Å². The molecule has 0 aliphatic heterocycles. The molecule has 0 aliphatic rings. The van der Waals surface area contributed by atoms with E-state index < -0.39 is 0 Å². The van der Waals surface area contributed by atoms with Gasteiger partial charge in [-0.15, -0.1) is 0 Å². The molecule has 0 fully saturated rings. The molecule has 1 aromatic carbocycles. The normalized spacial score (nSPS) is 11.1. The van der Waals surface area contributed by atoms with Gasteiger partial charge in [0.2, 0.25) is 5.91 Å². The van der Waals surface area contributed by atoms with Gasteiger partial charge >= 0.3 is 0 Å². The maximum Gasteiger partial charge on any atom is 0.222 e. The Hall–Kier alpha value is -2.08. The minimum Gasteiger partial charge on any atom is -0.382 e. The van der Waals surface area contributed by atoms with Gasteiger partial charge in [-0.1, -0.05) is 30.3 Å². The third-order valence-corrected chi connectivity index (χ3v) is 3.16. The van der Waals surface area contributed by atoms with Crippen LogP contribution in [0.25, 0.3) is 0 Å². The molecular weight excluding hydrogens is 292 g/mol. The van der Waals surface area contributed by atoms with Crippen LogP contribution in [-0.4, -0.2) is 45.2 Å². The van der Waals surface area contributed by atoms with Crippen molar-refractivity contribution in [3.05, 3.63) is 35.9 Å². The Bertz CT molecular complexity index is 463. The number of rotatable bonds is 10. The van der Waals surface area contributed by atoms with Gasteiger partial charge in [0.25, 0.3) is 0 Å². The number of nitrogens with zero attached hydrogens (tertiary/aromatic N) is 1. The summed E-state index contributed by atoms with van der Waals surface area (Å²) >= 11 is 0. The monoisotopic (exact) mass is 320 g/mol. The molecule has 0 unspecified atom stereocenters. The van der Waals surface area contributed by atoms with Crippen LogP contribution in [0, 0.1) is 0 Å². The molecular formula is C17H28N4O2. The number of guanidine groups is 1. The summed E-state index contributed by atoms with van der Waals surface area (Å²) in [5.41, 5.74) is 1.10. The van der Waals surface area contributed by atoms with Crippen LogP contribution in [0.1, 0.15) is 25.3 Å². The number of nitrogens with one attached hydrogen (secondary N) is 3. The van der Waals surface area contributed by atoms with Crippen LogP contribution in [0.3, 0.4) is 0 Å². The minimum absolute atomic E-state index is 0.0214. The topological polar surface area (TPSA) is 74.8 Å². The average Bonchev–Trinajstić information content (AvgIpc) is 2.59. The lowest BCUT2D eigenvalue weighted by Gasteiger charge is -2.12. The number of hydrogen-bond donors (Lipinski definition) is 3. The third kappa shape index (κ3) is 9.52. The van der Waals surface area contributed by atoms with Gasteiger partial charge in [0.15, 0.2) is 5.96 Å². The smallest absolute Gasteiger partial charge is 0.222 e. The van der Waals surface area contributed by atoms with E-state index in [0.717, 1.165) is 31.7 Å². The Morgan fingerprint density at radius 2 is 1.87 bits per heavy atom. The molecule has 0 aromatic heterocycles. The molecule has 0 heterocycles. The highest BCUT2D eigenvalue weighted by molar-refractivity contribution is 5.81. The molecule has 0 spiro atoms. The van der Waals surface area contributed by atoms with Crippen LogP contribution in [0.2, 0.25) is 0 Å². The molecule has 3 N–H and O–H groups in total. The number of benzene rings is 1. The van der Waals surface area contributed by atoms with Crippen molar-refractivity contribution in [2.45, 2.75) is 26.3 Å². The SMILES string of the molecule is CCOCCCNC(=NC)NCCC(=O)NCc1ccccc1. The fourth-order valence-electron chi connectivity index (χ4n) is 1.93. The lowest BCUT2D eigenvalue weighted by Crippen LogP contribution is -2.39. The summed E-state index contributed by atoms with van der Waals surface area (Å²) in [4.78, 5) is 15.9. The molecule has 0 aliphatic carbocycles. The van der Waals surface area contributed by atoms with E-state index in [1.165, 1.54) is 0 Å². The molecule has 0 bridgehead atoms. The quantitative estimate of drug-likeness (QED) is 0.345. The number of aliphatic imine (C=N–C) groups is 1. The lowest BCUT2D eigenvalue weighted by atomic mass is 10.2. The predicted octanol–water partition coefficient (Wildman–Crippen LogP) is 1.28. The van der Waals surface area contributed by atoms with Crippen molar-refractivity contribution in [2.75, 3.05) is 33.4 Å². The highest BCUT2D eigenvalue weighted by Gasteiger charge is 2.02. The largest absolute Gasteiger partial charge is 0.382 e. The zero-order chi connectivity index (χ0) is 16.8. The first-order valence-corrected chi connectivity index (χ1v) is 8.09. The number of hydrogen-bond acceptors (Lipinski definition) is 3. The van der Waals surface area contributed by atoms with E-state index >= 15 is 0 Å². The third-order valence-electron chi connectivity index (χ3n) is 3.16. The second kappa shape index (κ2) is 12.5. The van der Waals surface area contributed by atoms with Gasteiger partial charge in [0.05, 0.1) is 0 Å². The highest BCUT2D eigenvalue weighted by atomic mass is 16.5. The van der Waals surface area contributed by atoms with E-state index in [1.807, 2.05) is 37.3 Å². The van der Waals surface area contributed by atoms with Crippen molar-refractivity contribution < 1.29 is 9.53 Å². The van der Waals surface area contributed by atoms with Crippen LogP contribution in [0.4, 0.5) is 0 Å². The fraction of sp³-hybridized carbons (Fsp3) is 0.529. The van der Waals surface area contributed by atoms with Crippen molar-refractivity contribution >= 4 is 11.9 Å².